The van der Waals surface area contributed by atoms with Gasteiger partial charge < -0.3 is 15.3 Å². The lowest BCUT2D eigenvalue weighted by Gasteiger charge is -2.43. The molecule has 0 unspecified atom stereocenters. The maximum Gasteiger partial charge on any atom is 0.231 e. The molecule has 1 aromatic carbocycles. The number of nitrogens with zero attached hydrogens (tertiary/aromatic N) is 2. The fraction of sp³-hybridized carbons (Fsp3) is 0.429. The molecule has 2 aliphatic rings. The highest BCUT2D eigenvalue weighted by Crippen LogP contribution is 2.33. The van der Waals surface area contributed by atoms with E-state index in [2.05, 4.69) is 10.3 Å². The predicted molar refractivity (Wildman–Crippen MR) is 104 cm³/mol. The molecule has 2 fully saturated rings. The highest BCUT2D eigenvalue weighted by atomic mass is 35.5. The minimum Gasteiger partial charge on any atom is -0.391 e. The third-order valence-corrected chi connectivity index (χ3v) is 5.98. The zero-order chi connectivity index (χ0) is 18.9. The van der Waals surface area contributed by atoms with Crippen molar-refractivity contribution in [1.29, 1.82) is 0 Å². The van der Waals surface area contributed by atoms with E-state index in [1.54, 1.807) is 6.20 Å². The number of halogens is 1. The maximum absolute atomic E-state index is 13.3. The zero-order valence-corrected chi connectivity index (χ0v) is 15.9. The van der Waals surface area contributed by atoms with Crippen molar-refractivity contribution in [3.05, 3.63) is 64.9 Å². The van der Waals surface area contributed by atoms with E-state index in [1.807, 2.05) is 47.4 Å². The number of aliphatic hydroxyl groups excluding tert-OH is 1. The zero-order valence-electron chi connectivity index (χ0n) is 15.1. The standard InChI is InChI=1S/C21H24ClN3O2/c22-17-6-4-15(5-7-17)10-21(13-23-14-21)20(27)25-11-16(19(26)12-25)9-18-3-1-2-8-24-18/h1-8,16,19,23,26H,9-14H2/t16-,19-/m1/s1. The summed E-state index contributed by atoms with van der Waals surface area (Å²) >= 11 is 5.98. The maximum atomic E-state index is 13.3. The second-order valence-corrected chi connectivity index (χ2v) is 8.19. The topological polar surface area (TPSA) is 65.5 Å². The molecular weight excluding hydrogens is 362 g/mol. The van der Waals surface area contributed by atoms with Gasteiger partial charge in [-0.25, -0.2) is 0 Å². The number of likely N-dealkylation sites (tertiary alicyclic amines) is 1. The van der Waals surface area contributed by atoms with Gasteiger partial charge in [0.2, 0.25) is 5.91 Å². The lowest BCUT2D eigenvalue weighted by Crippen LogP contribution is -2.63. The number of carbonyl (C=O) groups excluding carboxylic acids is 1. The number of carbonyl (C=O) groups is 1. The summed E-state index contributed by atoms with van der Waals surface area (Å²) in [5.41, 5.74) is 1.64. The molecule has 2 aliphatic heterocycles. The van der Waals surface area contributed by atoms with Gasteiger partial charge in [0.05, 0.1) is 11.5 Å². The summed E-state index contributed by atoms with van der Waals surface area (Å²) < 4.78 is 0. The van der Waals surface area contributed by atoms with Crippen LogP contribution in [0.2, 0.25) is 5.02 Å². The molecule has 1 amide bonds. The van der Waals surface area contributed by atoms with E-state index in [1.165, 1.54) is 0 Å². The van der Waals surface area contributed by atoms with Crippen molar-refractivity contribution in [3.63, 3.8) is 0 Å². The van der Waals surface area contributed by atoms with Gasteiger partial charge in [0.1, 0.15) is 0 Å². The Morgan fingerprint density at radius 2 is 2.00 bits per heavy atom. The highest BCUT2D eigenvalue weighted by molar-refractivity contribution is 6.30. The fourth-order valence-corrected chi connectivity index (χ4v) is 4.24. The van der Waals surface area contributed by atoms with Gasteiger partial charge in [0.15, 0.2) is 0 Å². The van der Waals surface area contributed by atoms with Crippen LogP contribution in [0.1, 0.15) is 11.3 Å². The Hall–Kier alpha value is -1.95. The van der Waals surface area contributed by atoms with Crippen LogP contribution in [0.4, 0.5) is 0 Å². The van der Waals surface area contributed by atoms with E-state index < -0.39 is 11.5 Å². The summed E-state index contributed by atoms with van der Waals surface area (Å²) in [5.74, 6) is 0.170. The smallest absolute Gasteiger partial charge is 0.231 e. The van der Waals surface area contributed by atoms with E-state index in [0.29, 0.717) is 44.0 Å². The van der Waals surface area contributed by atoms with Gasteiger partial charge in [0.25, 0.3) is 0 Å². The highest BCUT2D eigenvalue weighted by Gasteiger charge is 2.48. The number of amides is 1. The van der Waals surface area contributed by atoms with E-state index in [9.17, 15) is 9.90 Å². The van der Waals surface area contributed by atoms with Gasteiger partial charge in [-0.05, 0) is 42.7 Å². The molecule has 0 saturated carbocycles. The van der Waals surface area contributed by atoms with Gasteiger partial charge in [0, 0.05) is 49.0 Å². The molecule has 27 heavy (non-hydrogen) atoms. The van der Waals surface area contributed by atoms with Crippen LogP contribution in [0.25, 0.3) is 0 Å². The monoisotopic (exact) mass is 385 g/mol. The lowest BCUT2D eigenvalue weighted by molar-refractivity contribution is -0.144. The number of β-amino-alcohol motifs (C(OH)–C–C–N with tert-alkyl or cyclic N) is 1. The van der Waals surface area contributed by atoms with Gasteiger partial charge in [-0.3, -0.25) is 9.78 Å². The molecule has 3 heterocycles. The first-order valence-electron chi connectivity index (χ1n) is 9.38. The molecule has 0 bridgehead atoms. The van der Waals surface area contributed by atoms with Crippen molar-refractivity contribution in [2.45, 2.75) is 18.9 Å². The molecule has 0 aliphatic carbocycles. The summed E-state index contributed by atoms with van der Waals surface area (Å²) in [6.07, 6.45) is 2.64. The van der Waals surface area contributed by atoms with Crippen molar-refractivity contribution >= 4 is 17.5 Å². The van der Waals surface area contributed by atoms with Crippen LogP contribution in [-0.2, 0) is 17.6 Å². The minimum atomic E-state index is -0.503. The van der Waals surface area contributed by atoms with Crippen LogP contribution in [0.5, 0.6) is 0 Å². The SMILES string of the molecule is O=C(N1C[C@@H](Cc2ccccn2)[C@H](O)C1)C1(Cc2ccc(Cl)cc2)CNC1. The average molecular weight is 386 g/mol. The second-order valence-electron chi connectivity index (χ2n) is 7.75. The molecule has 5 nitrogen and oxygen atoms in total. The molecule has 4 rings (SSSR count). The molecule has 0 spiro atoms. The van der Waals surface area contributed by atoms with Gasteiger partial charge >= 0.3 is 0 Å². The summed E-state index contributed by atoms with van der Waals surface area (Å²) in [5, 5.41) is 14.4. The molecule has 2 N–H and O–H groups in total. The second kappa shape index (κ2) is 7.58. The van der Waals surface area contributed by atoms with E-state index >= 15 is 0 Å². The number of benzene rings is 1. The van der Waals surface area contributed by atoms with E-state index in [-0.39, 0.29) is 11.8 Å². The number of rotatable bonds is 5. The molecule has 142 valence electrons. The first-order valence-corrected chi connectivity index (χ1v) is 9.76. The Morgan fingerprint density at radius 3 is 2.63 bits per heavy atom. The number of pyridine rings is 1. The summed E-state index contributed by atoms with van der Waals surface area (Å²) in [4.78, 5) is 19.5. The third kappa shape index (κ3) is 3.86. The summed E-state index contributed by atoms with van der Waals surface area (Å²) in [6, 6.07) is 13.5. The molecule has 2 atom stereocenters. The first-order chi connectivity index (χ1) is 13.1. The Balaban J connectivity index is 1.44. The van der Waals surface area contributed by atoms with Crippen molar-refractivity contribution in [3.8, 4) is 0 Å². The van der Waals surface area contributed by atoms with Crippen molar-refractivity contribution < 1.29 is 9.90 Å². The average Bonchev–Trinajstić information content (AvgIpc) is 3.01. The van der Waals surface area contributed by atoms with Crippen molar-refractivity contribution in [1.82, 2.24) is 15.2 Å². The molecule has 1 aromatic heterocycles. The Bertz CT molecular complexity index is 793. The third-order valence-electron chi connectivity index (χ3n) is 5.73. The quantitative estimate of drug-likeness (QED) is 0.825. The number of aliphatic hydroxyl groups is 1. The largest absolute Gasteiger partial charge is 0.391 e. The lowest BCUT2D eigenvalue weighted by atomic mass is 9.75. The van der Waals surface area contributed by atoms with Crippen LogP contribution >= 0.6 is 11.6 Å². The number of aromatic nitrogens is 1. The molecule has 0 radical (unpaired) electrons. The first kappa shape index (κ1) is 18.4. The van der Waals surface area contributed by atoms with E-state index in [0.717, 1.165) is 11.3 Å². The Morgan fingerprint density at radius 1 is 1.22 bits per heavy atom. The van der Waals surface area contributed by atoms with Crippen molar-refractivity contribution in [2.75, 3.05) is 26.2 Å². The molecular formula is C21H24ClN3O2. The summed E-state index contributed by atoms with van der Waals surface area (Å²) in [7, 11) is 0. The van der Waals surface area contributed by atoms with Gasteiger partial charge in [-0.2, -0.15) is 0 Å². The van der Waals surface area contributed by atoms with Crippen LogP contribution in [-0.4, -0.2) is 53.2 Å². The van der Waals surface area contributed by atoms with Gasteiger partial charge in [-0.15, -0.1) is 0 Å². The van der Waals surface area contributed by atoms with Gasteiger partial charge in [-0.1, -0.05) is 29.8 Å². The van der Waals surface area contributed by atoms with Crippen LogP contribution < -0.4 is 5.32 Å². The minimum absolute atomic E-state index is 0.0319. The number of hydrogen-bond acceptors (Lipinski definition) is 4. The van der Waals surface area contributed by atoms with Crippen LogP contribution in [0, 0.1) is 11.3 Å². The fourth-order valence-electron chi connectivity index (χ4n) is 4.12. The Labute approximate surface area is 164 Å². The Kier molecular flexibility index (Phi) is 5.17. The summed E-state index contributed by atoms with van der Waals surface area (Å²) in [6.45, 7) is 2.33. The molecule has 6 heteroatoms. The predicted octanol–water partition coefficient (Wildman–Crippen LogP) is 1.93. The number of hydrogen-bond donors (Lipinski definition) is 2. The van der Waals surface area contributed by atoms with Crippen LogP contribution in [0.3, 0.4) is 0 Å². The van der Waals surface area contributed by atoms with E-state index in [4.69, 9.17) is 11.6 Å². The molecule has 2 saturated heterocycles. The molecule has 2 aromatic rings. The van der Waals surface area contributed by atoms with Crippen molar-refractivity contribution in [2.24, 2.45) is 11.3 Å². The number of nitrogens with one attached hydrogen (secondary N) is 1. The normalized spacial score (nSPS) is 23.9. The van der Waals surface area contributed by atoms with Crippen LogP contribution in [0.15, 0.2) is 48.7 Å².